The minimum atomic E-state index is 0.280. The summed E-state index contributed by atoms with van der Waals surface area (Å²) in [5, 5.41) is 5.24. The fraction of sp³-hybridized carbons (Fsp3) is 0.0612. The molecule has 2 aromatic heterocycles. The van der Waals surface area contributed by atoms with Crippen molar-refractivity contribution in [1.29, 1.82) is 0 Å². The minimum Gasteiger partial charge on any atom is -0.310 e. The Labute approximate surface area is 312 Å². The maximum absolute atomic E-state index is 2.47. The van der Waals surface area contributed by atoms with Crippen LogP contribution in [0.1, 0.15) is 40.2 Å². The molecular formula is C49H35NS2. The lowest BCUT2D eigenvalue weighted by Gasteiger charge is -2.28. The summed E-state index contributed by atoms with van der Waals surface area (Å²) in [5.74, 6) is 0.280. The summed E-state index contributed by atoms with van der Waals surface area (Å²) in [7, 11) is 0. The van der Waals surface area contributed by atoms with Crippen LogP contribution in [0.5, 0.6) is 0 Å². The van der Waals surface area contributed by atoms with Crippen LogP contribution >= 0.6 is 22.7 Å². The SMILES string of the molecule is C1=Cc2c(N(c3ccccc3)c3ccc4sc5cc(C(Cc6ccccc6)c6ccccc6)ccc5c4c3)cc3c(sc4ccccc43)c2C=CC1. The Morgan fingerprint density at radius 2 is 1.17 bits per heavy atom. The van der Waals surface area contributed by atoms with Crippen LogP contribution in [0.2, 0.25) is 0 Å². The van der Waals surface area contributed by atoms with Crippen molar-refractivity contribution in [3.05, 3.63) is 198 Å². The number of anilines is 3. The molecule has 1 nitrogen and oxygen atoms in total. The summed E-state index contributed by atoms with van der Waals surface area (Å²) in [6, 6.07) is 58.2. The van der Waals surface area contributed by atoms with E-state index in [1.807, 2.05) is 22.7 Å². The fourth-order valence-electron chi connectivity index (χ4n) is 7.96. The lowest BCUT2D eigenvalue weighted by molar-refractivity contribution is 0.807. The number of thiophene rings is 2. The van der Waals surface area contributed by atoms with Crippen LogP contribution in [0.4, 0.5) is 17.1 Å². The van der Waals surface area contributed by atoms with Crippen molar-refractivity contribution in [2.45, 2.75) is 18.8 Å². The number of rotatable bonds is 7. The van der Waals surface area contributed by atoms with Crippen molar-refractivity contribution < 1.29 is 0 Å². The second-order valence-electron chi connectivity index (χ2n) is 13.6. The highest BCUT2D eigenvalue weighted by molar-refractivity contribution is 7.26. The second-order valence-corrected chi connectivity index (χ2v) is 15.7. The lowest BCUT2D eigenvalue weighted by Crippen LogP contribution is -2.12. The smallest absolute Gasteiger partial charge is 0.0547 e. The van der Waals surface area contributed by atoms with Gasteiger partial charge >= 0.3 is 0 Å². The van der Waals surface area contributed by atoms with Gasteiger partial charge in [0.05, 0.1) is 5.69 Å². The molecule has 0 radical (unpaired) electrons. The van der Waals surface area contributed by atoms with Gasteiger partial charge in [0.1, 0.15) is 0 Å². The molecule has 3 heteroatoms. The number of nitrogens with zero attached hydrogens (tertiary/aromatic N) is 1. The van der Waals surface area contributed by atoms with Gasteiger partial charge in [0.15, 0.2) is 0 Å². The summed E-state index contributed by atoms with van der Waals surface area (Å²) in [6.07, 6.45) is 11.2. The van der Waals surface area contributed by atoms with E-state index in [2.05, 4.69) is 187 Å². The highest BCUT2D eigenvalue weighted by Crippen LogP contribution is 2.48. The van der Waals surface area contributed by atoms with Crippen LogP contribution < -0.4 is 4.90 Å². The number of fused-ring (bicyclic) bond motifs is 8. The second kappa shape index (κ2) is 13.1. The van der Waals surface area contributed by atoms with Gasteiger partial charge in [-0.1, -0.05) is 133 Å². The molecule has 0 aliphatic heterocycles. The largest absolute Gasteiger partial charge is 0.310 e. The van der Waals surface area contributed by atoms with Crippen LogP contribution in [0.15, 0.2) is 170 Å². The maximum atomic E-state index is 2.47. The van der Waals surface area contributed by atoms with Gasteiger partial charge in [-0.2, -0.15) is 0 Å². The first-order valence-electron chi connectivity index (χ1n) is 18.0. The van der Waals surface area contributed by atoms with E-state index in [1.165, 1.54) is 73.8 Å². The Kier molecular flexibility index (Phi) is 7.82. The molecule has 7 aromatic carbocycles. The number of benzene rings is 7. The molecule has 248 valence electrons. The van der Waals surface area contributed by atoms with E-state index in [1.54, 1.807) is 0 Å². The number of para-hydroxylation sites is 1. The summed E-state index contributed by atoms with van der Waals surface area (Å²) in [6.45, 7) is 0. The van der Waals surface area contributed by atoms with Gasteiger partial charge in [-0.15, -0.1) is 22.7 Å². The van der Waals surface area contributed by atoms with Crippen molar-refractivity contribution >= 4 is 92.2 Å². The van der Waals surface area contributed by atoms with E-state index in [0.29, 0.717) is 0 Å². The summed E-state index contributed by atoms with van der Waals surface area (Å²) in [5.41, 5.74) is 10.2. The van der Waals surface area contributed by atoms with Crippen molar-refractivity contribution in [1.82, 2.24) is 0 Å². The average Bonchev–Trinajstić information content (AvgIpc) is 3.65. The monoisotopic (exact) mass is 701 g/mol. The van der Waals surface area contributed by atoms with Gasteiger partial charge < -0.3 is 4.90 Å². The Bertz CT molecular complexity index is 2790. The molecule has 0 spiro atoms. The molecule has 0 amide bonds. The molecule has 1 aliphatic rings. The average molecular weight is 702 g/mol. The fourth-order valence-corrected chi connectivity index (χ4v) is 10.3. The first-order valence-corrected chi connectivity index (χ1v) is 19.6. The zero-order chi connectivity index (χ0) is 34.4. The third-order valence-electron chi connectivity index (χ3n) is 10.4. The van der Waals surface area contributed by atoms with E-state index >= 15 is 0 Å². The van der Waals surface area contributed by atoms with Crippen molar-refractivity contribution in [2.24, 2.45) is 0 Å². The zero-order valence-electron chi connectivity index (χ0n) is 28.6. The summed E-state index contributed by atoms with van der Waals surface area (Å²) in [4.78, 5) is 2.47. The summed E-state index contributed by atoms with van der Waals surface area (Å²) >= 11 is 3.80. The maximum Gasteiger partial charge on any atom is 0.0547 e. The van der Waals surface area contributed by atoms with E-state index in [0.717, 1.165) is 24.2 Å². The van der Waals surface area contributed by atoms with Gasteiger partial charge in [-0.25, -0.2) is 0 Å². The number of hydrogen-bond acceptors (Lipinski definition) is 3. The third-order valence-corrected chi connectivity index (χ3v) is 12.8. The highest BCUT2D eigenvalue weighted by Gasteiger charge is 2.23. The van der Waals surface area contributed by atoms with Gasteiger partial charge in [0.25, 0.3) is 0 Å². The Morgan fingerprint density at radius 1 is 0.481 bits per heavy atom. The molecule has 1 unspecified atom stereocenters. The van der Waals surface area contributed by atoms with Gasteiger partial charge in [0.2, 0.25) is 0 Å². The van der Waals surface area contributed by atoms with Gasteiger partial charge in [-0.3, -0.25) is 0 Å². The van der Waals surface area contributed by atoms with E-state index in [4.69, 9.17) is 0 Å². The molecule has 0 saturated carbocycles. The molecule has 1 aliphatic carbocycles. The number of allylic oxidation sites excluding steroid dienone is 2. The topological polar surface area (TPSA) is 3.24 Å². The molecule has 10 rings (SSSR count). The van der Waals surface area contributed by atoms with Gasteiger partial charge in [-0.05, 0) is 78.1 Å². The van der Waals surface area contributed by atoms with Crippen molar-refractivity contribution in [3.63, 3.8) is 0 Å². The molecule has 0 bridgehead atoms. The Morgan fingerprint density at radius 3 is 2.00 bits per heavy atom. The first-order chi connectivity index (χ1) is 25.8. The Balaban J connectivity index is 1.14. The van der Waals surface area contributed by atoms with E-state index in [9.17, 15) is 0 Å². The van der Waals surface area contributed by atoms with Gasteiger partial charge in [0, 0.05) is 68.8 Å². The minimum absolute atomic E-state index is 0.280. The van der Waals surface area contributed by atoms with Crippen LogP contribution in [0.25, 0.3) is 52.5 Å². The Hall–Kier alpha value is -5.74. The predicted octanol–water partition coefficient (Wildman–Crippen LogP) is 14.7. The third kappa shape index (κ3) is 5.45. The molecule has 2 heterocycles. The number of hydrogen-bond donors (Lipinski definition) is 0. The molecule has 1 atom stereocenters. The quantitative estimate of drug-likeness (QED) is 0.160. The summed E-state index contributed by atoms with van der Waals surface area (Å²) < 4.78 is 5.32. The molecule has 0 N–H and O–H groups in total. The standard InChI is InChI=1S/C49H35NS2/c1-5-15-33(16-6-1)29-42(34-17-7-2-8-18-34)35-25-27-40-43-31-37(26-28-47(43)51-48(40)30-35)50(36-19-9-3-10-20-36)45-32-44-39-22-13-14-24-46(39)52-49(44)41-23-12-4-11-21-38(41)45/h1-3,5-28,30-32,42H,4,29H2. The lowest BCUT2D eigenvalue weighted by atomic mass is 9.86. The molecule has 52 heavy (non-hydrogen) atoms. The normalized spacial score (nSPS) is 13.2. The molecule has 0 fully saturated rings. The molecule has 9 aromatic rings. The van der Waals surface area contributed by atoms with E-state index < -0.39 is 0 Å². The molecular weight excluding hydrogens is 667 g/mol. The van der Waals surface area contributed by atoms with Crippen LogP contribution in [-0.4, -0.2) is 0 Å². The van der Waals surface area contributed by atoms with Crippen LogP contribution in [0.3, 0.4) is 0 Å². The zero-order valence-corrected chi connectivity index (χ0v) is 30.2. The first kappa shape index (κ1) is 31.0. The van der Waals surface area contributed by atoms with Crippen LogP contribution in [0, 0.1) is 0 Å². The predicted molar refractivity (Wildman–Crippen MR) is 228 cm³/mol. The van der Waals surface area contributed by atoms with Crippen LogP contribution in [-0.2, 0) is 6.42 Å². The van der Waals surface area contributed by atoms with Crippen molar-refractivity contribution in [2.75, 3.05) is 4.90 Å². The highest BCUT2D eigenvalue weighted by atomic mass is 32.1. The van der Waals surface area contributed by atoms with E-state index in [-0.39, 0.29) is 5.92 Å². The van der Waals surface area contributed by atoms with Crippen molar-refractivity contribution in [3.8, 4) is 0 Å². The molecule has 0 saturated heterocycles.